The second-order valence-corrected chi connectivity index (χ2v) is 7.84. The van der Waals surface area contributed by atoms with Crippen LogP contribution in [-0.4, -0.2) is 10.9 Å². The molecule has 0 saturated heterocycles. The molecule has 24 heavy (non-hydrogen) atoms. The quantitative estimate of drug-likeness (QED) is 0.751. The molecule has 0 aromatic heterocycles. The van der Waals surface area contributed by atoms with E-state index in [0.717, 1.165) is 16.7 Å². The highest BCUT2D eigenvalue weighted by Gasteiger charge is 2.58. The maximum atomic E-state index is 13.3. The highest BCUT2D eigenvalue weighted by molar-refractivity contribution is 6.26. The number of hydrogen-bond donors (Lipinski definition) is 1. The smallest absolute Gasteiger partial charge is 0.171 e. The Labute approximate surface area is 143 Å². The third kappa shape index (κ3) is 1.80. The fourth-order valence-electron chi connectivity index (χ4n) is 5.36. The number of carbonyl (C=O) groups excluding carboxylic acids is 1. The Balaban J connectivity index is 1.89. The summed E-state index contributed by atoms with van der Waals surface area (Å²) in [4.78, 5) is 13.3. The predicted octanol–water partition coefficient (Wildman–Crippen LogP) is 4.85. The SMILES string of the molecule is CC(C)=C1[C@H]2C=C[C@@H]1[C@H]1C(O)=C(c3c(C)cc(C)cc3C)C(=O)[C@H]12. The molecule has 2 nitrogen and oxygen atoms in total. The van der Waals surface area contributed by atoms with Gasteiger partial charge in [0, 0.05) is 23.7 Å². The molecule has 1 aromatic carbocycles. The summed E-state index contributed by atoms with van der Waals surface area (Å²) < 4.78 is 0. The molecule has 4 atom stereocenters. The number of carbonyl (C=O) groups is 1. The highest BCUT2D eigenvalue weighted by atomic mass is 16.3. The topological polar surface area (TPSA) is 37.3 Å². The molecule has 0 spiro atoms. The van der Waals surface area contributed by atoms with Crippen molar-refractivity contribution in [3.8, 4) is 0 Å². The number of rotatable bonds is 1. The lowest BCUT2D eigenvalue weighted by Gasteiger charge is -2.18. The maximum absolute atomic E-state index is 13.3. The van der Waals surface area contributed by atoms with Crippen molar-refractivity contribution in [1.82, 2.24) is 0 Å². The van der Waals surface area contributed by atoms with Gasteiger partial charge in [-0.1, -0.05) is 41.0 Å². The Morgan fingerprint density at radius 2 is 1.50 bits per heavy atom. The van der Waals surface area contributed by atoms with Crippen LogP contribution < -0.4 is 0 Å². The molecule has 3 aliphatic rings. The summed E-state index contributed by atoms with van der Waals surface area (Å²) in [5.41, 5.74) is 7.49. The van der Waals surface area contributed by atoms with Gasteiger partial charge in [0.2, 0.25) is 0 Å². The average molecular weight is 320 g/mol. The van der Waals surface area contributed by atoms with E-state index in [0.29, 0.717) is 11.3 Å². The van der Waals surface area contributed by atoms with Gasteiger partial charge in [0.1, 0.15) is 5.76 Å². The van der Waals surface area contributed by atoms with E-state index in [2.05, 4.69) is 45.1 Å². The summed E-state index contributed by atoms with van der Waals surface area (Å²) in [6.45, 7) is 10.4. The second kappa shape index (κ2) is 4.95. The van der Waals surface area contributed by atoms with Crippen molar-refractivity contribution in [3.05, 3.63) is 63.4 Å². The van der Waals surface area contributed by atoms with Gasteiger partial charge in [-0.2, -0.15) is 0 Å². The van der Waals surface area contributed by atoms with Crippen LogP contribution in [-0.2, 0) is 4.79 Å². The van der Waals surface area contributed by atoms with E-state index in [9.17, 15) is 9.90 Å². The van der Waals surface area contributed by atoms with Crippen LogP contribution >= 0.6 is 0 Å². The minimum atomic E-state index is -0.111. The summed E-state index contributed by atoms with van der Waals surface area (Å²) in [6, 6.07) is 4.19. The van der Waals surface area contributed by atoms with Crippen molar-refractivity contribution in [3.63, 3.8) is 0 Å². The first-order chi connectivity index (χ1) is 11.3. The Kier molecular flexibility index (Phi) is 3.19. The summed E-state index contributed by atoms with van der Waals surface area (Å²) in [5.74, 6) is 0.632. The van der Waals surface area contributed by atoms with E-state index in [4.69, 9.17) is 0 Å². The van der Waals surface area contributed by atoms with Crippen LogP contribution in [0.1, 0.15) is 36.1 Å². The van der Waals surface area contributed by atoms with Crippen molar-refractivity contribution in [2.24, 2.45) is 23.7 Å². The van der Waals surface area contributed by atoms with E-state index >= 15 is 0 Å². The molecular formula is C22H24O2. The Bertz CT molecular complexity index is 839. The van der Waals surface area contributed by atoms with Gasteiger partial charge in [0.15, 0.2) is 5.78 Å². The normalized spacial score (nSPS) is 30.5. The van der Waals surface area contributed by atoms with Crippen molar-refractivity contribution in [2.75, 3.05) is 0 Å². The lowest BCUT2D eigenvalue weighted by atomic mass is 9.83. The molecule has 124 valence electrons. The van der Waals surface area contributed by atoms with Gasteiger partial charge in [-0.05, 0) is 51.3 Å². The van der Waals surface area contributed by atoms with Gasteiger partial charge in [-0.15, -0.1) is 0 Å². The summed E-state index contributed by atoms with van der Waals surface area (Å²) in [7, 11) is 0. The molecule has 1 saturated carbocycles. The van der Waals surface area contributed by atoms with E-state index in [1.54, 1.807) is 0 Å². The van der Waals surface area contributed by atoms with E-state index in [1.807, 2.05) is 13.8 Å². The van der Waals surface area contributed by atoms with Crippen LogP contribution in [0.2, 0.25) is 0 Å². The molecule has 1 aromatic rings. The molecule has 2 heteroatoms. The van der Waals surface area contributed by atoms with Crippen molar-refractivity contribution < 1.29 is 9.90 Å². The van der Waals surface area contributed by atoms with E-state index < -0.39 is 0 Å². The van der Waals surface area contributed by atoms with Gasteiger partial charge in [-0.25, -0.2) is 0 Å². The molecule has 1 N–H and O–H groups in total. The Morgan fingerprint density at radius 3 is 2.00 bits per heavy atom. The van der Waals surface area contributed by atoms with Crippen LogP contribution in [0.25, 0.3) is 5.57 Å². The molecule has 0 radical (unpaired) electrons. The number of aryl methyl sites for hydroxylation is 3. The van der Waals surface area contributed by atoms with Crippen LogP contribution in [0, 0.1) is 44.4 Å². The summed E-state index contributed by atoms with van der Waals surface area (Å²) in [6.07, 6.45) is 4.37. The third-order valence-electron chi connectivity index (χ3n) is 6.03. The zero-order valence-electron chi connectivity index (χ0n) is 15.0. The molecule has 1 fully saturated rings. The summed E-state index contributed by atoms with van der Waals surface area (Å²) in [5, 5.41) is 11.0. The first kappa shape index (κ1) is 15.4. The van der Waals surface area contributed by atoms with Crippen LogP contribution in [0.4, 0.5) is 0 Å². The fourth-order valence-corrected chi connectivity index (χ4v) is 5.36. The average Bonchev–Trinajstić information content (AvgIpc) is 3.11. The van der Waals surface area contributed by atoms with Gasteiger partial charge in [-0.3, -0.25) is 4.79 Å². The lowest BCUT2D eigenvalue weighted by molar-refractivity contribution is -0.117. The lowest BCUT2D eigenvalue weighted by Crippen LogP contribution is -2.22. The minimum Gasteiger partial charge on any atom is -0.511 e. The van der Waals surface area contributed by atoms with E-state index in [-0.39, 0.29) is 29.5 Å². The zero-order chi connectivity index (χ0) is 17.3. The Hall–Kier alpha value is -2.09. The number of hydrogen-bond acceptors (Lipinski definition) is 2. The number of allylic oxidation sites excluding steroid dienone is 6. The Morgan fingerprint density at radius 1 is 0.958 bits per heavy atom. The highest BCUT2D eigenvalue weighted by Crippen LogP contribution is 2.60. The molecule has 0 aliphatic heterocycles. The maximum Gasteiger partial charge on any atom is 0.171 e. The molecular weight excluding hydrogens is 296 g/mol. The number of Topliss-reactive ketones (excluding diaryl/α,β-unsaturated/α-hetero) is 1. The van der Waals surface area contributed by atoms with Gasteiger partial charge in [0.25, 0.3) is 0 Å². The molecule has 2 bridgehead atoms. The second-order valence-electron chi connectivity index (χ2n) is 7.84. The monoisotopic (exact) mass is 320 g/mol. The van der Waals surface area contributed by atoms with Crippen molar-refractivity contribution in [1.29, 1.82) is 0 Å². The van der Waals surface area contributed by atoms with Crippen molar-refractivity contribution in [2.45, 2.75) is 34.6 Å². The number of ketones is 1. The molecule has 3 aliphatic carbocycles. The number of benzene rings is 1. The molecule has 0 amide bonds. The largest absolute Gasteiger partial charge is 0.511 e. The third-order valence-corrected chi connectivity index (χ3v) is 6.03. The first-order valence-electron chi connectivity index (χ1n) is 8.74. The van der Waals surface area contributed by atoms with Gasteiger partial charge < -0.3 is 5.11 Å². The van der Waals surface area contributed by atoms with Crippen LogP contribution in [0.5, 0.6) is 0 Å². The molecule has 0 unspecified atom stereocenters. The van der Waals surface area contributed by atoms with Gasteiger partial charge in [0.05, 0.1) is 5.57 Å². The fraction of sp³-hybridized carbons (Fsp3) is 0.409. The zero-order valence-corrected chi connectivity index (χ0v) is 15.0. The molecule has 0 heterocycles. The minimum absolute atomic E-state index is 0.0625. The van der Waals surface area contributed by atoms with Crippen LogP contribution in [0.15, 0.2) is 41.2 Å². The van der Waals surface area contributed by atoms with Gasteiger partial charge >= 0.3 is 0 Å². The standard InChI is InChI=1S/C22H24O2/c1-10(2)16-14-6-7-15(16)19-18(14)21(23)20(22(19)24)17-12(4)8-11(3)9-13(17)5/h6-9,14-15,18-19,23H,1-5H3/t14-,15+,18+,19-/m0/s1. The number of fused-ring (bicyclic) bond motifs is 5. The number of aliphatic hydroxyl groups is 1. The number of aliphatic hydroxyl groups excluding tert-OH is 1. The predicted molar refractivity (Wildman–Crippen MR) is 96.7 cm³/mol. The molecule has 4 rings (SSSR count). The van der Waals surface area contributed by atoms with E-state index in [1.165, 1.54) is 16.7 Å². The van der Waals surface area contributed by atoms with Crippen molar-refractivity contribution >= 4 is 11.4 Å². The summed E-state index contributed by atoms with van der Waals surface area (Å²) >= 11 is 0. The first-order valence-corrected chi connectivity index (χ1v) is 8.74. The van der Waals surface area contributed by atoms with Crippen LogP contribution in [0.3, 0.4) is 0 Å².